The molecule has 0 spiro atoms. The number of pyridine rings is 1. The van der Waals surface area contributed by atoms with Gasteiger partial charge in [-0.3, -0.25) is 9.88 Å². The first-order valence-electron chi connectivity index (χ1n) is 6.98. The first-order valence-corrected chi connectivity index (χ1v) is 6.98. The highest BCUT2D eigenvalue weighted by molar-refractivity contribution is 5.27. The van der Waals surface area contributed by atoms with Crippen molar-refractivity contribution in [3.8, 4) is 5.75 Å². The quantitative estimate of drug-likeness (QED) is 0.824. The summed E-state index contributed by atoms with van der Waals surface area (Å²) in [5.74, 6) is 0.703. The number of aromatic nitrogens is 1. The molecule has 1 aromatic rings. The molecule has 0 fully saturated rings. The van der Waals surface area contributed by atoms with Crippen molar-refractivity contribution in [1.82, 2.24) is 9.88 Å². The van der Waals surface area contributed by atoms with E-state index in [1.54, 1.807) is 12.4 Å². The second kappa shape index (κ2) is 6.87. The van der Waals surface area contributed by atoms with Crippen LogP contribution in [0, 0.1) is 0 Å². The van der Waals surface area contributed by atoms with Crippen molar-refractivity contribution >= 4 is 0 Å². The SMILES string of the molecule is CCOc1cncc(C(O)C(C)(C)N(CC)CC)c1. The van der Waals surface area contributed by atoms with E-state index in [-0.39, 0.29) is 5.54 Å². The van der Waals surface area contributed by atoms with E-state index in [0.29, 0.717) is 12.4 Å². The first-order chi connectivity index (χ1) is 8.97. The Kier molecular flexibility index (Phi) is 5.76. The molecule has 1 N–H and O–H groups in total. The highest BCUT2D eigenvalue weighted by atomic mass is 16.5. The van der Waals surface area contributed by atoms with Crippen LogP contribution in [0.15, 0.2) is 18.5 Å². The van der Waals surface area contributed by atoms with E-state index in [1.807, 2.05) is 13.0 Å². The molecule has 0 aromatic carbocycles. The summed E-state index contributed by atoms with van der Waals surface area (Å²) in [6.07, 6.45) is 2.78. The van der Waals surface area contributed by atoms with Crippen molar-refractivity contribution in [1.29, 1.82) is 0 Å². The number of aliphatic hydroxyl groups is 1. The lowest BCUT2D eigenvalue weighted by molar-refractivity contribution is -0.00655. The summed E-state index contributed by atoms with van der Waals surface area (Å²) in [7, 11) is 0. The highest BCUT2D eigenvalue weighted by Gasteiger charge is 2.34. The summed E-state index contributed by atoms with van der Waals surface area (Å²) in [4.78, 5) is 6.39. The molecule has 1 heterocycles. The Bertz CT molecular complexity index is 389. The molecule has 4 nitrogen and oxygen atoms in total. The zero-order chi connectivity index (χ0) is 14.5. The molecular formula is C15H26N2O2. The Morgan fingerprint density at radius 2 is 1.89 bits per heavy atom. The molecule has 1 unspecified atom stereocenters. The minimum Gasteiger partial charge on any atom is -0.492 e. The van der Waals surface area contributed by atoms with Crippen molar-refractivity contribution in [3.63, 3.8) is 0 Å². The molecule has 1 aromatic heterocycles. The molecule has 4 heteroatoms. The van der Waals surface area contributed by atoms with Gasteiger partial charge in [0.2, 0.25) is 0 Å². The normalized spacial score (nSPS) is 13.6. The van der Waals surface area contributed by atoms with Crippen LogP contribution in [0.1, 0.15) is 46.3 Å². The number of likely N-dealkylation sites (N-methyl/N-ethyl adjacent to an activating group) is 1. The fraction of sp³-hybridized carbons (Fsp3) is 0.667. The molecule has 1 rings (SSSR count). The van der Waals surface area contributed by atoms with Gasteiger partial charge in [-0.05, 0) is 39.9 Å². The van der Waals surface area contributed by atoms with Crippen LogP contribution >= 0.6 is 0 Å². The average molecular weight is 266 g/mol. The van der Waals surface area contributed by atoms with Gasteiger partial charge in [0.25, 0.3) is 0 Å². The van der Waals surface area contributed by atoms with Gasteiger partial charge in [-0.1, -0.05) is 13.8 Å². The van der Waals surface area contributed by atoms with Crippen LogP contribution < -0.4 is 4.74 Å². The largest absolute Gasteiger partial charge is 0.492 e. The maximum atomic E-state index is 10.6. The van der Waals surface area contributed by atoms with Gasteiger partial charge in [-0.2, -0.15) is 0 Å². The van der Waals surface area contributed by atoms with E-state index in [4.69, 9.17) is 4.74 Å². The Labute approximate surface area is 116 Å². The zero-order valence-electron chi connectivity index (χ0n) is 12.7. The summed E-state index contributed by atoms with van der Waals surface area (Å²) in [5.41, 5.74) is 0.457. The van der Waals surface area contributed by atoms with E-state index in [0.717, 1.165) is 18.7 Å². The van der Waals surface area contributed by atoms with Crippen LogP contribution in [0.3, 0.4) is 0 Å². The third-order valence-electron chi connectivity index (χ3n) is 3.61. The van der Waals surface area contributed by atoms with Gasteiger partial charge in [0.1, 0.15) is 5.75 Å². The molecule has 19 heavy (non-hydrogen) atoms. The molecule has 1 atom stereocenters. The van der Waals surface area contributed by atoms with Gasteiger partial charge >= 0.3 is 0 Å². The van der Waals surface area contributed by atoms with Crippen molar-refractivity contribution < 1.29 is 9.84 Å². The summed E-state index contributed by atoms with van der Waals surface area (Å²) < 4.78 is 5.44. The molecule has 0 saturated heterocycles. The minimum atomic E-state index is -0.597. The van der Waals surface area contributed by atoms with Gasteiger partial charge in [0, 0.05) is 17.3 Å². The fourth-order valence-corrected chi connectivity index (χ4v) is 2.45. The number of nitrogens with zero attached hydrogens (tertiary/aromatic N) is 2. The minimum absolute atomic E-state index is 0.337. The van der Waals surface area contributed by atoms with Gasteiger partial charge in [0.15, 0.2) is 0 Å². The lowest BCUT2D eigenvalue weighted by atomic mass is 9.90. The Morgan fingerprint density at radius 1 is 1.26 bits per heavy atom. The van der Waals surface area contributed by atoms with Gasteiger partial charge in [-0.15, -0.1) is 0 Å². The second-order valence-corrected chi connectivity index (χ2v) is 5.12. The number of aliphatic hydroxyl groups excluding tert-OH is 1. The Balaban J connectivity index is 2.97. The molecule has 0 radical (unpaired) electrons. The van der Waals surface area contributed by atoms with Crippen LogP contribution in [0.5, 0.6) is 5.75 Å². The van der Waals surface area contributed by atoms with Gasteiger partial charge in [0.05, 0.1) is 18.9 Å². The lowest BCUT2D eigenvalue weighted by Crippen LogP contribution is -2.48. The predicted molar refractivity (Wildman–Crippen MR) is 77.4 cm³/mol. The van der Waals surface area contributed by atoms with Crippen LogP contribution in [-0.4, -0.2) is 40.2 Å². The summed E-state index contributed by atoms with van der Waals surface area (Å²) in [6.45, 7) is 12.7. The van der Waals surface area contributed by atoms with Crippen LogP contribution in [-0.2, 0) is 0 Å². The van der Waals surface area contributed by atoms with Gasteiger partial charge in [-0.25, -0.2) is 0 Å². The van der Waals surface area contributed by atoms with Crippen molar-refractivity contribution in [3.05, 3.63) is 24.0 Å². The maximum Gasteiger partial charge on any atom is 0.137 e. The van der Waals surface area contributed by atoms with Crippen LogP contribution in [0.4, 0.5) is 0 Å². The van der Waals surface area contributed by atoms with Crippen molar-refractivity contribution in [2.24, 2.45) is 0 Å². The van der Waals surface area contributed by atoms with E-state index >= 15 is 0 Å². The van der Waals surface area contributed by atoms with Crippen molar-refractivity contribution in [2.45, 2.75) is 46.3 Å². The zero-order valence-corrected chi connectivity index (χ0v) is 12.7. The standard InChI is InChI=1S/C15H26N2O2/c1-6-17(7-2)15(4,5)14(18)12-9-13(19-8-3)11-16-10-12/h9-11,14,18H,6-8H2,1-5H3. The van der Waals surface area contributed by atoms with E-state index in [2.05, 4.69) is 37.6 Å². The average Bonchev–Trinajstić information content (AvgIpc) is 2.39. The molecular weight excluding hydrogens is 240 g/mol. The molecule has 0 amide bonds. The smallest absolute Gasteiger partial charge is 0.137 e. The molecule has 0 bridgehead atoms. The number of ether oxygens (including phenoxy) is 1. The maximum absolute atomic E-state index is 10.6. The third-order valence-corrected chi connectivity index (χ3v) is 3.61. The molecule has 0 aliphatic rings. The third kappa shape index (κ3) is 3.67. The number of hydrogen-bond acceptors (Lipinski definition) is 4. The second-order valence-electron chi connectivity index (χ2n) is 5.12. The Hall–Kier alpha value is -1.13. The fourth-order valence-electron chi connectivity index (χ4n) is 2.45. The van der Waals surface area contributed by atoms with Crippen LogP contribution in [0.25, 0.3) is 0 Å². The summed E-state index contributed by atoms with van der Waals surface area (Å²) in [5, 5.41) is 10.6. The van der Waals surface area contributed by atoms with E-state index in [9.17, 15) is 5.11 Å². The van der Waals surface area contributed by atoms with Crippen LogP contribution in [0.2, 0.25) is 0 Å². The molecule has 0 aliphatic carbocycles. The summed E-state index contributed by atoms with van der Waals surface area (Å²) >= 11 is 0. The topological polar surface area (TPSA) is 45.6 Å². The molecule has 0 aliphatic heterocycles. The van der Waals surface area contributed by atoms with Crippen molar-refractivity contribution in [2.75, 3.05) is 19.7 Å². The monoisotopic (exact) mass is 266 g/mol. The number of rotatable bonds is 7. The first kappa shape index (κ1) is 15.9. The Morgan fingerprint density at radius 3 is 2.42 bits per heavy atom. The van der Waals surface area contributed by atoms with E-state index in [1.165, 1.54) is 0 Å². The summed E-state index contributed by atoms with van der Waals surface area (Å²) in [6, 6.07) is 1.87. The molecule has 108 valence electrons. The highest BCUT2D eigenvalue weighted by Crippen LogP contribution is 2.31. The number of hydrogen-bond donors (Lipinski definition) is 1. The lowest BCUT2D eigenvalue weighted by Gasteiger charge is -2.41. The van der Waals surface area contributed by atoms with E-state index < -0.39 is 6.10 Å². The predicted octanol–water partition coefficient (Wildman–Crippen LogP) is 2.63. The molecule has 0 saturated carbocycles. The van der Waals surface area contributed by atoms with Gasteiger partial charge < -0.3 is 9.84 Å².